The van der Waals surface area contributed by atoms with E-state index in [1.54, 1.807) is 0 Å². The Morgan fingerprint density at radius 1 is 1.39 bits per heavy atom. The van der Waals surface area contributed by atoms with E-state index in [0.717, 1.165) is 25.7 Å². The number of benzene rings is 1. The third-order valence-corrected chi connectivity index (χ3v) is 3.69. The number of amides is 1. The van der Waals surface area contributed by atoms with Crippen LogP contribution in [0.5, 0.6) is 0 Å². The summed E-state index contributed by atoms with van der Waals surface area (Å²) in [5.41, 5.74) is 6.68. The van der Waals surface area contributed by atoms with E-state index in [9.17, 15) is 4.79 Å². The van der Waals surface area contributed by atoms with Crippen molar-refractivity contribution in [3.63, 3.8) is 0 Å². The van der Waals surface area contributed by atoms with Crippen molar-refractivity contribution in [3.8, 4) is 0 Å². The first-order valence-electron chi connectivity index (χ1n) is 6.72. The van der Waals surface area contributed by atoms with E-state index in [1.807, 2.05) is 25.1 Å². The summed E-state index contributed by atoms with van der Waals surface area (Å²) in [4.78, 5) is 11.9. The normalized spacial score (nSPS) is 18.1. The van der Waals surface area contributed by atoms with Crippen molar-refractivity contribution in [2.75, 3.05) is 6.54 Å². The minimum Gasteiger partial charge on any atom is -0.354 e. The van der Waals surface area contributed by atoms with Gasteiger partial charge in [0.05, 0.1) is 5.54 Å². The molecule has 1 atom stereocenters. The summed E-state index contributed by atoms with van der Waals surface area (Å²) in [7, 11) is 0. The second-order valence-corrected chi connectivity index (χ2v) is 5.40. The summed E-state index contributed by atoms with van der Waals surface area (Å²) < 4.78 is 0. The highest BCUT2D eigenvalue weighted by atomic mass is 16.2. The van der Waals surface area contributed by atoms with Gasteiger partial charge in [0.15, 0.2) is 0 Å². The van der Waals surface area contributed by atoms with Gasteiger partial charge in [0.1, 0.15) is 0 Å². The van der Waals surface area contributed by atoms with Gasteiger partial charge >= 0.3 is 0 Å². The predicted octanol–water partition coefficient (Wildman–Crippen LogP) is 1.86. The van der Waals surface area contributed by atoms with Crippen LogP contribution in [-0.2, 0) is 11.2 Å². The molecule has 1 aromatic rings. The van der Waals surface area contributed by atoms with Crippen LogP contribution in [0.25, 0.3) is 0 Å². The third kappa shape index (κ3) is 3.33. The molecule has 1 aliphatic rings. The van der Waals surface area contributed by atoms with Crippen molar-refractivity contribution in [2.24, 2.45) is 11.7 Å². The van der Waals surface area contributed by atoms with Gasteiger partial charge in [0, 0.05) is 6.54 Å². The van der Waals surface area contributed by atoms with E-state index >= 15 is 0 Å². The summed E-state index contributed by atoms with van der Waals surface area (Å²) in [6.07, 6.45) is 4.12. The molecular formula is C15H22N2O. The molecule has 1 aliphatic carbocycles. The Morgan fingerprint density at radius 2 is 2.06 bits per heavy atom. The molecule has 3 nitrogen and oxygen atoms in total. The molecule has 1 saturated carbocycles. The lowest BCUT2D eigenvalue weighted by Crippen LogP contribution is -2.53. The molecule has 18 heavy (non-hydrogen) atoms. The molecule has 1 unspecified atom stereocenters. The molecule has 0 spiro atoms. The van der Waals surface area contributed by atoms with Crippen LogP contribution in [0.4, 0.5) is 0 Å². The molecule has 0 radical (unpaired) electrons. The molecule has 1 fully saturated rings. The maximum absolute atomic E-state index is 11.9. The molecule has 1 aromatic carbocycles. The minimum absolute atomic E-state index is 0.00179. The Morgan fingerprint density at radius 3 is 2.67 bits per heavy atom. The molecule has 3 N–H and O–H groups in total. The van der Waals surface area contributed by atoms with Gasteiger partial charge in [-0.1, -0.05) is 30.3 Å². The Balaban J connectivity index is 1.68. The number of nitrogens with two attached hydrogens (primary N) is 1. The van der Waals surface area contributed by atoms with Crippen LogP contribution in [0.15, 0.2) is 30.3 Å². The van der Waals surface area contributed by atoms with E-state index in [2.05, 4.69) is 17.4 Å². The molecule has 0 aliphatic heterocycles. The van der Waals surface area contributed by atoms with Crippen LogP contribution < -0.4 is 11.1 Å². The van der Waals surface area contributed by atoms with Crippen molar-refractivity contribution in [1.29, 1.82) is 0 Å². The van der Waals surface area contributed by atoms with Crippen molar-refractivity contribution in [3.05, 3.63) is 35.9 Å². The van der Waals surface area contributed by atoms with E-state index in [1.165, 1.54) is 5.56 Å². The number of aryl methyl sites for hydroxylation is 1. The maximum atomic E-state index is 11.9. The van der Waals surface area contributed by atoms with Gasteiger partial charge in [0.25, 0.3) is 0 Å². The van der Waals surface area contributed by atoms with Gasteiger partial charge < -0.3 is 11.1 Å². The number of carbonyl (C=O) groups excluding carboxylic acids is 1. The first-order valence-corrected chi connectivity index (χ1v) is 6.72. The van der Waals surface area contributed by atoms with Crippen LogP contribution in [0.1, 0.15) is 31.7 Å². The highest BCUT2D eigenvalue weighted by Crippen LogP contribution is 2.38. The topological polar surface area (TPSA) is 55.1 Å². The maximum Gasteiger partial charge on any atom is 0.240 e. The van der Waals surface area contributed by atoms with Crippen LogP contribution in [0, 0.1) is 5.92 Å². The van der Waals surface area contributed by atoms with Gasteiger partial charge in [-0.2, -0.15) is 0 Å². The second kappa shape index (κ2) is 5.53. The molecule has 2 rings (SSSR count). The zero-order valence-electron chi connectivity index (χ0n) is 11.0. The van der Waals surface area contributed by atoms with Gasteiger partial charge in [-0.15, -0.1) is 0 Å². The Hall–Kier alpha value is -1.35. The molecule has 98 valence electrons. The fraction of sp³-hybridized carbons (Fsp3) is 0.533. The summed E-state index contributed by atoms with van der Waals surface area (Å²) >= 11 is 0. The number of carbonyl (C=O) groups is 1. The largest absolute Gasteiger partial charge is 0.354 e. The standard InChI is InChI=1S/C15H22N2O/c1-15(16,13-9-10-13)14(18)17-11-5-8-12-6-3-2-4-7-12/h2-4,6-7,13H,5,8-11,16H2,1H3,(H,17,18). The van der Waals surface area contributed by atoms with E-state index in [4.69, 9.17) is 5.73 Å². The number of hydrogen-bond acceptors (Lipinski definition) is 2. The molecule has 0 saturated heterocycles. The molecular weight excluding hydrogens is 224 g/mol. The highest BCUT2D eigenvalue weighted by Gasteiger charge is 2.43. The molecule has 0 bridgehead atoms. The van der Waals surface area contributed by atoms with Gasteiger partial charge in [-0.25, -0.2) is 0 Å². The first-order chi connectivity index (χ1) is 8.60. The Labute approximate surface area is 109 Å². The number of hydrogen-bond donors (Lipinski definition) is 2. The van der Waals surface area contributed by atoms with Gasteiger partial charge in [-0.05, 0) is 44.1 Å². The predicted molar refractivity (Wildman–Crippen MR) is 73.1 cm³/mol. The lowest BCUT2D eigenvalue weighted by atomic mass is 9.96. The fourth-order valence-corrected chi connectivity index (χ4v) is 2.20. The highest BCUT2D eigenvalue weighted by molar-refractivity contribution is 5.86. The average molecular weight is 246 g/mol. The van der Waals surface area contributed by atoms with Crippen molar-refractivity contribution in [1.82, 2.24) is 5.32 Å². The zero-order valence-corrected chi connectivity index (χ0v) is 11.0. The molecule has 0 aromatic heterocycles. The zero-order chi connectivity index (χ0) is 13.0. The fourth-order valence-electron chi connectivity index (χ4n) is 2.20. The monoisotopic (exact) mass is 246 g/mol. The third-order valence-electron chi connectivity index (χ3n) is 3.69. The summed E-state index contributed by atoms with van der Waals surface area (Å²) in [5, 5.41) is 2.95. The molecule has 1 amide bonds. The van der Waals surface area contributed by atoms with Crippen molar-refractivity contribution in [2.45, 2.75) is 38.1 Å². The summed E-state index contributed by atoms with van der Waals surface area (Å²) in [5.74, 6) is 0.379. The quantitative estimate of drug-likeness (QED) is 0.753. The van der Waals surface area contributed by atoms with Crippen molar-refractivity contribution < 1.29 is 4.79 Å². The SMILES string of the molecule is CC(N)(C(=O)NCCCc1ccccc1)C1CC1. The van der Waals surface area contributed by atoms with Gasteiger partial charge in [-0.3, -0.25) is 4.79 Å². The lowest BCUT2D eigenvalue weighted by Gasteiger charge is -2.23. The van der Waals surface area contributed by atoms with Gasteiger partial charge in [0.2, 0.25) is 5.91 Å². The minimum atomic E-state index is -0.674. The number of nitrogens with one attached hydrogen (secondary N) is 1. The van der Waals surface area contributed by atoms with Crippen LogP contribution in [0.2, 0.25) is 0 Å². The van der Waals surface area contributed by atoms with Crippen molar-refractivity contribution >= 4 is 5.91 Å². The summed E-state index contributed by atoms with van der Waals surface area (Å²) in [6, 6.07) is 10.3. The van der Waals surface area contributed by atoms with Crippen LogP contribution in [-0.4, -0.2) is 18.0 Å². The van der Waals surface area contributed by atoms with Crippen LogP contribution >= 0.6 is 0 Å². The molecule has 3 heteroatoms. The smallest absolute Gasteiger partial charge is 0.240 e. The van der Waals surface area contributed by atoms with E-state index in [0.29, 0.717) is 12.5 Å². The lowest BCUT2D eigenvalue weighted by molar-refractivity contribution is -0.126. The van der Waals surface area contributed by atoms with E-state index < -0.39 is 5.54 Å². The van der Waals surface area contributed by atoms with E-state index in [-0.39, 0.29) is 5.91 Å². The Bertz CT molecular complexity index is 396. The average Bonchev–Trinajstić information content (AvgIpc) is 3.20. The first kappa shape index (κ1) is 13.1. The Kier molecular flexibility index (Phi) is 4.02. The molecule has 0 heterocycles. The summed E-state index contributed by atoms with van der Waals surface area (Å²) in [6.45, 7) is 2.55. The second-order valence-electron chi connectivity index (χ2n) is 5.40. The van der Waals surface area contributed by atoms with Crippen LogP contribution in [0.3, 0.4) is 0 Å². The number of rotatable bonds is 6.